The van der Waals surface area contributed by atoms with Gasteiger partial charge in [-0.05, 0) is 83.5 Å². The van der Waals surface area contributed by atoms with Gasteiger partial charge in [0, 0.05) is 16.7 Å². The molecule has 52 heavy (non-hydrogen) atoms. The van der Waals surface area contributed by atoms with Crippen LogP contribution >= 0.6 is 0 Å². The first-order valence-electron chi connectivity index (χ1n) is 17.7. The lowest BCUT2D eigenvalue weighted by atomic mass is 9.89. The Labute approximate surface area is 302 Å². The normalized spacial score (nSPS) is 11.5. The van der Waals surface area contributed by atoms with Crippen molar-refractivity contribution in [2.45, 2.75) is 0 Å². The van der Waals surface area contributed by atoms with E-state index in [0.29, 0.717) is 5.82 Å². The fraction of sp³-hybridized carbons (Fsp3) is 0. The van der Waals surface area contributed by atoms with E-state index in [1.807, 2.05) is 6.07 Å². The summed E-state index contributed by atoms with van der Waals surface area (Å²) in [6, 6.07) is 69.3. The number of hydrogen-bond donors (Lipinski definition) is 0. The van der Waals surface area contributed by atoms with Crippen molar-refractivity contribution in [3.05, 3.63) is 194 Å². The maximum atomic E-state index is 5.28. The van der Waals surface area contributed by atoms with Crippen molar-refractivity contribution in [2.24, 2.45) is 0 Å². The molecule has 0 aliphatic carbocycles. The average Bonchev–Trinajstić information content (AvgIpc) is 3.23. The third kappa shape index (κ3) is 5.21. The van der Waals surface area contributed by atoms with Gasteiger partial charge in [0.25, 0.3) is 0 Å². The third-order valence-corrected chi connectivity index (χ3v) is 10.2. The van der Waals surface area contributed by atoms with E-state index in [0.717, 1.165) is 39.2 Å². The summed E-state index contributed by atoms with van der Waals surface area (Å²) in [6.45, 7) is 0. The van der Waals surface area contributed by atoms with Gasteiger partial charge in [-0.3, -0.25) is 0 Å². The number of fused-ring (bicyclic) bond motifs is 5. The van der Waals surface area contributed by atoms with Crippen molar-refractivity contribution >= 4 is 43.1 Å². The minimum atomic E-state index is 0.699. The largest absolute Gasteiger partial charge is 0.228 e. The van der Waals surface area contributed by atoms with E-state index in [-0.39, 0.29) is 0 Å². The Balaban J connectivity index is 1.14. The van der Waals surface area contributed by atoms with Gasteiger partial charge in [-0.15, -0.1) is 0 Å². The molecule has 0 fully saturated rings. The molecule has 1 heterocycles. The molecule has 0 saturated heterocycles. The lowest BCUT2D eigenvalue weighted by Gasteiger charge is -2.15. The van der Waals surface area contributed by atoms with Crippen LogP contribution in [0.1, 0.15) is 0 Å². The molecular formula is C50H32N2. The zero-order valence-electron chi connectivity index (χ0n) is 28.4. The summed E-state index contributed by atoms with van der Waals surface area (Å²) in [5.41, 5.74) is 9.61. The molecule has 10 rings (SSSR count). The smallest absolute Gasteiger partial charge is 0.160 e. The third-order valence-electron chi connectivity index (χ3n) is 10.2. The molecule has 0 atom stereocenters. The molecule has 0 radical (unpaired) electrons. The monoisotopic (exact) mass is 660 g/mol. The second kappa shape index (κ2) is 12.5. The van der Waals surface area contributed by atoms with Crippen LogP contribution in [0.3, 0.4) is 0 Å². The molecule has 242 valence electrons. The quantitative estimate of drug-likeness (QED) is 0.136. The zero-order valence-corrected chi connectivity index (χ0v) is 28.4. The zero-order chi connectivity index (χ0) is 34.4. The Kier molecular flexibility index (Phi) is 7.18. The van der Waals surface area contributed by atoms with Crippen LogP contribution in [0.4, 0.5) is 0 Å². The molecule has 0 spiro atoms. The maximum Gasteiger partial charge on any atom is 0.160 e. The van der Waals surface area contributed by atoms with Gasteiger partial charge in [0.15, 0.2) is 5.82 Å². The van der Waals surface area contributed by atoms with E-state index >= 15 is 0 Å². The molecule has 0 aliphatic heterocycles. The van der Waals surface area contributed by atoms with E-state index in [1.165, 1.54) is 54.2 Å². The molecule has 10 aromatic rings. The molecule has 0 bridgehead atoms. The fourth-order valence-electron chi connectivity index (χ4n) is 7.71. The van der Waals surface area contributed by atoms with Crippen molar-refractivity contribution < 1.29 is 0 Å². The summed E-state index contributed by atoms with van der Waals surface area (Å²) in [5.74, 6) is 0.699. The molecule has 2 heteroatoms. The lowest BCUT2D eigenvalue weighted by molar-refractivity contribution is 1.18. The van der Waals surface area contributed by atoms with Gasteiger partial charge in [0.2, 0.25) is 0 Å². The van der Waals surface area contributed by atoms with Crippen LogP contribution in [-0.4, -0.2) is 9.97 Å². The standard InChI is InChI=1S/C50H32N2/c1-2-14-35(15-3-1)46-32-47(45-21-11-10-18-42(45)40-28-22-33-12-4-5-16-38(33)30-40)52-50(51-46)37-26-24-36(25-27-37)48-44-20-9-7-17-39(44)31-41-29-23-34-13-6-8-19-43(34)49(41)48/h1-32H. The molecule has 0 N–H and O–H groups in total. The van der Waals surface area contributed by atoms with Crippen molar-refractivity contribution in [3.8, 4) is 56.2 Å². The van der Waals surface area contributed by atoms with Crippen LogP contribution in [0.5, 0.6) is 0 Å². The van der Waals surface area contributed by atoms with Gasteiger partial charge >= 0.3 is 0 Å². The average molecular weight is 661 g/mol. The summed E-state index contributed by atoms with van der Waals surface area (Å²) in [5, 5.41) is 9.95. The second-order valence-corrected chi connectivity index (χ2v) is 13.4. The van der Waals surface area contributed by atoms with Gasteiger partial charge in [0.1, 0.15) is 0 Å². The van der Waals surface area contributed by atoms with E-state index in [4.69, 9.17) is 9.97 Å². The van der Waals surface area contributed by atoms with Crippen LogP contribution < -0.4 is 0 Å². The predicted molar refractivity (Wildman–Crippen MR) is 219 cm³/mol. The number of hydrogen-bond acceptors (Lipinski definition) is 2. The molecular weight excluding hydrogens is 629 g/mol. The molecule has 0 unspecified atom stereocenters. The van der Waals surface area contributed by atoms with Crippen LogP contribution in [0.25, 0.3) is 99.2 Å². The van der Waals surface area contributed by atoms with Crippen molar-refractivity contribution in [1.29, 1.82) is 0 Å². The van der Waals surface area contributed by atoms with Gasteiger partial charge in [-0.1, -0.05) is 176 Å². The van der Waals surface area contributed by atoms with Crippen molar-refractivity contribution in [3.63, 3.8) is 0 Å². The van der Waals surface area contributed by atoms with Crippen LogP contribution in [0, 0.1) is 0 Å². The Bertz CT molecular complexity index is 2940. The Hall–Kier alpha value is -6.90. The van der Waals surface area contributed by atoms with Gasteiger partial charge in [0.05, 0.1) is 11.4 Å². The van der Waals surface area contributed by atoms with E-state index in [9.17, 15) is 0 Å². The van der Waals surface area contributed by atoms with Gasteiger partial charge in [-0.25, -0.2) is 9.97 Å². The molecule has 9 aromatic carbocycles. The predicted octanol–water partition coefficient (Wildman–Crippen LogP) is 13.4. The fourth-order valence-corrected chi connectivity index (χ4v) is 7.71. The summed E-state index contributed by atoms with van der Waals surface area (Å²) >= 11 is 0. The highest BCUT2D eigenvalue weighted by Crippen LogP contribution is 2.41. The number of nitrogens with zero attached hydrogens (tertiary/aromatic N) is 2. The lowest BCUT2D eigenvalue weighted by Crippen LogP contribution is -1.97. The van der Waals surface area contributed by atoms with Crippen molar-refractivity contribution in [1.82, 2.24) is 9.97 Å². The minimum Gasteiger partial charge on any atom is -0.228 e. The van der Waals surface area contributed by atoms with Crippen LogP contribution in [0.15, 0.2) is 194 Å². The maximum absolute atomic E-state index is 5.28. The Morgan fingerprint density at radius 2 is 0.865 bits per heavy atom. The second-order valence-electron chi connectivity index (χ2n) is 13.4. The topological polar surface area (TPSA) is 25.8 Å². The summed E-state index contributed by atoms with van der Waals surface area (Å²) < 4.78 is 0. The molecule has 0 amide bonds. The number of benzene rings is 9. The minimum absolute atomic E-state index is 0.699. The molecule has 1 aromatic heterocycles. The SMILES string of the molecule is c1ccc(-c2cc(-c3ccccc3-c3ccc4ccccc4c3)nc(-c3ccc(-c4c5ccccc5cc5ccc6ccccc6c45)cc3)n2)cc1. The number of rotatable bonds is 5. The first kappa shape index (κ1) is 30.0. The highest BCUT2D eigenvalue weighted by molar-refractivity contribution is 6.22. The van der Waals surface area contributed by atoms with E-state index in [1.54, 1.807) is 0 Å². The van der Waals surface area contributed by atoms with Crippen LogP contribution in [-0.2, 0) is 0 Å². The highest BCUT2D eigenvalue weighted by atomic mass is 14.9. The van der Waals surface area contributed by atoms with E-state index < -0.39 is 0 Å². The first-order chi connectivity index (χ1) is 25.8. The highest BCUT2D eigenvalue weighted by Gasteiger charge is 2.16. The summed E-state index contributed by atoms with van der Waals surface area (Å²) in [4.78, 5) is 10.5. The summed E-state index contributed by atoms with van der Waals surface area (Å²) in [7, 11) is 0. The molecule has 2 nitrogen and oxygen atoms in total. The van der Waals surface area contributed by atoms with E-state index in [2.05, 4.69) is 188 Å². The Morgan fingerprint density at radius 3 is 1.69 bits per heavy atom. The molecule has 0 aliphatic rings. The molecule has 0 saturated carbocycles. The Morgan fingerprint density at radius 1 is 0.288 bits per heavy atom. The van der Waals surface area contributed by atoms with Crippen LogP contribution in [0.2, 0.25) is 0 Å². The van der Waals surface area contributed by atoms with Crippen molar-refractivity contribution in [2.75, 3.05) is 0 Å². The first-order valence-corrected chi connectivity index (χ1v) is 17.7. The summed E-state index contributed by atoms with van der Waals surface area (Å²) in [6.07, 6.45) is 0. The van der Waals surface area contributed by atoms with Gasteiger partial charge < -0.3 is 0 Å². The van der Waals surface area contributed by atoms with Gasteiger partial charge in [-0.2, -0.15) is 0 Å². The number of aromatic nitrogens is 2.